The molecule has 136 valence electrons. The second kappa shape index (κ2) is 8.13. The molecule has 0 atom stereocenters. The van der Waals surface area contributed by atoms with Gasteiger partial charge >= 0.3 is 24.8 Å². The molecule has 1 aliphatic heterocycles. The number of para-hydroxylation sites is 1. The quantitative estimate of drug-likeness (QED) is 0.708. The van der Waals surface area contributed by atoms with Crippen LogP contribution in [-0.2, 0) is 11.3 Å². The Balaban J connectivity index is 0.00000210. The predicted octanol–water partition coefficient (Wildman–Crippen LogP) is 1.29. The van der Waals surface area contributed by atoms with Crippen LogP contribution in [0.3, 0.4) is 0 Å². The third kappa shape index (κ3) is 3.86. The van der Waals surface area contributed by atoms with E-state index in [4.69, 9.17) is 0 Å². The van der Waals surface area contributed by atoms with E-state index in [9.17, 15) is 9.90 Å². The number of aromatic nitrogens is 3. The summed E-state index contributed by atoms with van der Waals surface area (Å²) in [7, 11) is 2.14. The van der Waals surface area contributed by atoms with Crippen LogP contribution < -0.4 is 4.90 Å². The first-order valence-corrected chi connectivity index (χ1v) is 8.67. The van der Waals surface area contributed by atoms with Crippen LogP contribution in [0.25, 0.3) is 22.2 Å². The number of benzene rings is 1. The molecule has 0 spiro atoms. The number of carbonyl (C=O) groups is 1. The first kappa shape index (κ1) is 19.4. The van der Waals surface area contributed by atoms with Crippen molar-refractivity contribution in [2.75, 3.05) is 38.1 Å². The van der Waals surface area contributed by atoms with Gasteiger partial charge in [-0.3, -0.25) is 4.79 Å². The van der Waals surface area contributed by atoms with Crippen molar-refractivity contribution in [3.63, 3.8) is 0 Å². The van der Waals surface area contributed by atoms with Gasteiger partial charge in [0, 0.05) is 60.8 Å². The van der Waals surface area contributed by atoms with Crippen LogP contribution >= 0.6 is 0 Å². The zero-order valence-electron chi connectivity index (χ0n) is 14.7. The van der Waals surface area contributed by atoms with E-state index in [1.165, 1.54) is 12.0 Å². The van der Waals surface area contributed by atoms with Gasteiger partial charge in [-0.25, -0.2) is 9.97 Å². The maximum atomic E-state index is 11.2. The van der Waals surface area contributed by atoms with Crippen LogP contribution in [0.1, 0.15) is 0 Å². The molecule has 0 aliphatic carbocycles. The second-order valence-corrected chi connectivity index (χ2v) is 6.63. The van der Waals surface area contributed by atoms with Crippen molar-refractivity contribution < 1.29 is 9.90 Å². The SMILES string of the molecule is CN1CCN(c2ccccc2-c2cn(CC(=O)O)c3ncncc23)CC1.[LiH]. The zero-order chi connectivity index (χ0) is 18.1. The number of hydrogen-bond donors (Lipinski definition) is 1. The summed E-state index contributed by atoms with van der Waals surface area (Å²) in [6, 6.07) is 8.27. The van der Waals surface area contributed by atoms with Crippen molar-refractivity contribution in [2.24, 2.45) is 0 Å². The van der Waals surface area contributed by atoms with Gasteiger partial charge in [0.25, 0.3) is 0 Å². The van der Waals surface area contributed by atoms with E-state index in [-0.39, 0.29) is 25.4 Å². The van der Waals surface area contributed by atoms with Gasteiger partial charge in [-0.05, 0) is 13.1 Å². The molecule has 0 radical (unpaired) electrons. The number of likely N-dealkylation sites (N-methyl/N-ethyl adjacent to an activating group) is 1. The molecule has 1 aliphatic rings. The van der Waals surface area contributed by atoms with Crippen molar-refractivity contribution in [3.8, 4) is 11.1 Å². The molecular formula is C19H22LiN5O2. The summed E-state index contributed by atoms with van der Waals surface area (Å²) in [5.41, 5.74) is 3.86. The maximum absolute atomic E-state index is 11.2. The first-order valence-electron chi connectivity index (χ1n) is 8.67. The Morgan fingerprint density at radius 3 is 2.63 bits per heavy atom. The molecular weight excluding hydrogens is 337 g/mol. The van der Waals surface area contributed by atoms with Crippen LogP contribution in [0.15, 0.2) is 43.0 Å². The number of aliphatic carboxylic acids is 1. The van der Waals surface area contributed by atoms with Crippen LogP contribution in [0.2, 0.25) is 0 Å². The molecule has 1 fully saturated rings. The molecule has 2 aromatic heterocycles. The molecule has 0 unspecified atom stereocenters. The van der Waals surface area contributed by atoms with Gasteiger partial charge in [-0.1, -0.05) is 18.2 Å². The molecule has 1 saturated heterocycles. The fourth-order valence-electron chi connectivity index (χ4n) is 3.53. The summed E-state index contributed by atoms with van der Waals surface area (Å²) in [5, 5.41) is 10.1. The van der Waals surface area contributed by atoms with E-state index in [0.717, 1.165) is 42.7 Å². The Labute approximate surface area is 169 Å². The minimum absolute atomic E-state index is 0. The van der Waals surface area contributed by atoms with E-state index in [1.807, 2.05) is 18.3 Å². The van der Waals surface area contributed by atoms with Crippen LogP contribution in [0.4, 0.5) is 5.69 Å². The van der Waals surface area contributed by atoms with E-state index >= 15 is 0 Å². The summed E-state index contributed by atoms with van der Waals surface area (Å²) in [6.45, 7) is 3.87. The first-order chi connectivity index (χ1) is 12.6. The Bertz CT molecular complexity index is 950. The normalized spacial score (nSPS) is 14.9. The Hall–Kier alpha value is -2.33. The molecule has 1 aromatic carbocycles. The van der Waals surface area contributed by atoms with Crippen LogP contribution in [0.5, 0.6) is 0 Å². The number of nitrogens with zero attached hydrogens (tertiary/aromatic N) is 5. The van der Waals surface area contributed by atoms with Gasteiger partial charge in [0.2, 0.25) is 0 Å². The number of hydrogen-bond acceptors (Lipinski definition) is 5. The Morgan fingerprint density at radius 1 is 1.15 bits per heavy atom. The molecule has 3 heterocycles. The number of piperazine rings is 1. The number of carboxylic acid groups (broad SMARTS) is 1. The van der Waals surface area contributed by atoms with Gasteiger partial charge in [-0.2, -0.15) is 0 Å². The molecule has 3 aromatic rings. The zero-order valence-corrected chi connectivity index (χ0v) is 14.7. The van der Waals surface area contributed by atoms with Crippen molar-refractivity contribution in [3.05, 3.63) is 43.0 Å². The second-order valence-electron chi connectivity index (χ2n) is 6.63. The summed E-state index contributed by atoms with van der Waals surface area (Å²) in [6.07, 6.45) is 5.09. The average molecular weight is 359 g/mol. The van der Waals surface area contributed by atoms with E-state index in [0.29, 0.717) is 5.65 Å². The molecule has 0 saturated carbocycles. The minimum atomic E-state index is -0.889. The van der Waals surface area contributed by atoms with E-state index in [1.54, 1.807) is 10.8 Å². The molecule has 0 bridgehead atoms. The van der Waals surface area contributed by atoms with Gasteiger partial charge < -0.3 is 19.5 Å². The standard InChI is InChI=1S/C19H21N5O2.Li.H/c1-22-6-8-23(9-7-22)17-5-3-2-4-14(17)16-11-24(12-18(25)26)19-15(16)10-20-13-21-19;;/h2-5,10-11,13H,6-9,12H2,1H3,(H,25,26);;. The summed E-state index contributed by atoms with van der Waals surface area (Å²) in [4.78, 5) is 24.4. The molecule has 27 heavy (non-hydrogen) atoms. The fraction of sp³-hybridized carbons (Fsp3) is 0.316. The molecule has 1 N–H and O–H groups in total. The topological polar surface area (TPSA) is 74.5 Å². The summed E-state index contributed by atoms with van der Waals surface area (Å²) in [5.74, 6) is -0.889. The van der Waals surface area contributed by atoms with Crippen LogP contribution in [-0.4, -0.2) is 82.6 Å². The van der Waals surface area contributed by atoms with Crippen LogP contribution in [0, 0.1) is 0 Å². The molecule has 7 nitrogen and oxygen atoms in total. The van der Waals surface area contributed by atoms with Gasteiger partial charge in [-0.15, -0.1) is 0 Å². The average Bonchev–Trinajstić information content (AvgIpc) is 3.00. The van der Waals surface area contributed by atoms with Gasteiger partial charge in [0.15, 0.2) is 0 Å². The number of anilines is 1. The predicted molar refractivity (Wildman–Crippen MR) is 107 cm³/mol. The molecule has 8 heteroatoms. The van der Waals surface area contributed by atoms with Gasteiger partial charge in [0.1, 0.15) is 18.5 Å². The molecule has 0 amide bonds. The third-order valence-electron chi connectivity index (χ3n) is 4.88. The van der Waals surface area contributed by atoms with E-state index in [2.05, 4.69) is 38.9 Å². The fourth-order valence-corrected chi connectivity index (χ4v) is 3.53. The summed E-state index contributed by atoms with van der Waals surface area (Å²) >= 11 is 0. The molecule has 4 rings (SSSR count). The summed E-state index contributed by atoms with van der Waals surface area (Å²) < 4.78 is 1.68. The van der Waals surface area contributed by atoms with Crippen molar-refractivity contribution >= 4 is 41.6 Å². The van der Waals surface area contributed by atoms with Crippen molar-refractivity contribution in [2.45, 2.75) is 6.54 Å². The van der Waals surface area contributed by atoms with E-state index < -0.39 is 5.97 Å². The third-order valence-corrected chi connectivity index (χ3v) is 4.88. The number of rotatable bonds is 4. The van der Waals surface area contributed by atoms with Crippen molar-refractivity contribution in [1.82, 2.24) is 19.4 Å². The van der Waals surface area contributed by atoms with Gasteiger partial charge in [0.05, 0.1) is 0 Å². The Kier molecular flexibility index (Phi) is 5.85. The number of fused-ring (bicyclic) bond motifs is 1. The number of carboxylic acids is 1. The van der Waals surface area contributed by atoms with Crippen molar-refractivity contribution in [1.29, 1.82) is 0 Å². The Morgan fingerprint density at radius 2 is 1.89 bits per heavy atom. The monoisotopic (exact) mass is 359 g/mol.